The number of carbonyl (C=O) groups excluding carboxylic acids is 2. The SMILES string of the molecule is CSc1ccc(NC(=O)O[C@H](c2ccc(OCCO)cc2)C(C)(C)CC/C=C/C(=O)Nc2ccccc2N)cc1. The lowest BCUT2D eigenvalue weighted by Gasteiger charge is -2.34. The van der Waals surface area contributed by atoms with Gasteiger partial charge in [0.05, 0.1) is 18.0 Å². The fraction of sp³-hybridized carbons (Fsp3) is 0.290. The summed E-state index contributed by atoms with van der Waals surface area (Å²) in [4.78, 5) is 26.4. The van der Waals surface area contributed by atoms with Crippen molar-refractivity contribution in [3.63, 3.8) is 0 Å². The number of allylic oxidation sites excluding steroid dienone is 1. The summed E-state index contributed by atoms with van der Waals surface area (Å²) in [5, 5.41) is 14.6. The molecule has 9 heteroatoms. The summed E-state index contributed by atoms with van der Waals surface area (Å²) in [6.07, 6.45) is 5.34. The van der Waals surface area contributed by atoms with Gasteiger partial charge in [-0.25, -0.2) is 4.79 Å². The maximum absolute atomic E-state index is 13.0. The fourth-order valence-corrected chi connectivity index (χ4v) is 4.48. The van der Waals surface area contributed by atoms with E-state index in [9.17, 15) is 9.59 Å². The van der Waals surface area contributed by atoms with Crippen LogP contribution < -0.4 is 21.1 Å². The predicted octanol–water partition coefficient (Wildman–Crippen LogP) is 6.65. The molecule has 2 amide bonds. The first kappa shape index (κ1) is 30.6. The molecule has 1 atom stereocenters. The number of carbonyl (C=O) groups is 2. The first-order valence-electron chi connectivity index (χ1n) is 13.0. The normalized spacial score (nSPS) is 12.1. The van der Waals surface area contributed by atoms with E-state index >= 15 is 0 Å². The van der Waals surface area contributed by atoms with Crippen molar-refractivity contribution >= 4 is 40.8 Å². The third kappa shape index (κ3) is 9.36. The number of hydrogen-bond acceptors (Lipinski definition) is 7. The number of para-hydroxylation sites is 2. The molecule has 0 saturated heterocycles. The van der Waals surface area contributed by atoms with Crippen molar-refractivity contribution in [3.8, 4) is 5.75 Å². The summed E-state index contributed by atoms with van der Waals surface area (Å²) in [5.74, 6) is 0.342. The molecular formula is C31H37N3O5S. The summed E-state index contributed by atoms with van der Waals surface area (Å²) in [5.41, 5.74) is 7.91. The second kappa shape index (κ2) is 15.0. The van der Waals surface area contributed by atoms with Crippen molar-refractivity contribution in [1.29, 1.82) is 0 Å². The first-order valence-corrected chi connectivity index (χ1v) is 14.2. The zero-order chi connectivity index (χ0) is 29.0. The third-order valence-electron chi connectivity index (χ3n) is 6.26. The maximum Gasteiger partial charge on any atom is 0.412 e. The first-order chi connectivity index (χ1) is 19.2. The molecule has 0 fully saturated rings. The molecule has 40 heavy (non-hydrogen) atoms. The van der Waals surface area contributed by atoms with Crippen LogP contribution in [0.1, 0.15) is 38.4 Å². The van der Waals surface area contributed by atoms with Crippen LogP contribution in [0.15, 0.2) is 89.8 Å². The molecular weight excluding hydrogens is 526 g/mol. The lowest BCUT2D eigenvalue weighted by atomic mass is 9.78. The summed E-state index contributed by atoms with van der Waals surface area (Å²) < 4.78 is 11.5. The number of aliphatic hydroxyl groups is 1. The molecule has 3 aromatic carbocycles. The molecule has 0 radical (unpaired) electrons. The molecule has 0 unspecified atom stereocenters. The molecule has 5 N–H and O–H groups in total. The van der Waals surface area contributed by atoms with Crippen LogP contribution in [-0.2, 0) is 9.53 Å². The van der Waals surface area contributed by atoms with E-state index in [1.165, 1.54) is 6.08 Å². The highest BCUT2D eigenvalue weighted by Gasteiger charge is 2.34. The van der Waals surface area contributed by atoms with Gasteiger partial charge in [-0.15, -0.1) is 11.8 Å². The molecule has 3 aromatic rings. The molecule has 0 bridgehead atoms. The Bertz CT molecular complexity index is 1280. The zero-order valence-electron chi connectivity index (χ0n) is 23.1. The Kier molecular flexibility index (Phi) is 11.5. The highest BCUT2D eigenvalue weighted by atomic mass is 32.2. The van der Waals surface area contributed by atoms with Crippen LogP contribution in [0, 0.1) is 5.41 Å². The minimum Gasteiger partial charge on any atom is -0.491 e. The fourth-order valence-electron chi connectivity index (χ4n) is 4.07. The Morgan fingerprint density at radius 1 is 1.02 bits per heavy atom. The van der Waals surface area contributed by atoms with Crippen LogP contribution in [-0.4, -0.2) is 36.6 Å². The summed E-state index contributed by atoms with van der Waals surface area (Å²) in [7, 11) is 0. The number of rotatable bonds is 13. The number of anilines is 3. The van der Waals surface area contributed by atoms with Gasteiger partial charge in [0.25, 0.3) is 0 Å². The quantitative estimate of drug-likeness (QED) is 0.104. The number of thioether (sulfide) groups is 1. The smallest absolute Gasteiger partial charge is 0.412 e. The van der Waals surface area contributed by atoms with E-state index in [1.54, 1.807) is 54.2 Å². The van der Waals surface area contributed by atoms with Crippen molar-refractivity contribution < 1.29 is 24.2 Å². The minimum atomic E-state index is -0.587. The Balaban J connectivity index is 1.69. The van der Waals surface area contributed by atoms with E-state index in [4.69, 9.17) is 20.3 Å². The standard InChI is InChI=1S/C31H37N3O5S/c1-31(2,19-7-6-10-28(36)34-27-9-5-4-8-26(27)32)29(22-11-15-24(16-12-22)38-21-20-35)39-30(37)33-23-13-17-25(40-3)18-14-23/h4-6,8-18,29,35H,7,19-21,32H2,1-3H3,(H,33,37)(H,34,36)/b10-6+/t29-/m1/s1. The predicted molar refractivity (Wildman–Crippen MR) is 162 cm³/mol. The average Bonchev–Trinajstić information content (AvgIpc) is 2.95. The Hall–Kier alpha value is -3.95. The Morgan fingerprint density at radius 3 is 2.38 bits per heavy atom. The van der Waals surface area contributed by atoms with Crippen molar-refractivity contribution in [1.82, 2.24) is 0 Å². The molecule has 212 valence electrons. The van der Waals surface area contributed by atoms with Crippen LogP contribution >= 0.6 is 11.8 Å². The number of nitrogens with two attached hydrogens (primary N) is 1. The number of amides is 2. The van der Waals surface area contributed by atoms with Crippen molar-refractivity contribution in [3.05, 3.63) is 90.5 Å². The number of aliphatic hydroxyl groups excluding tert-OH is 1. The van der Waals surface area contributed by atoms with Crippen molar-refractivity contribution in [2.45, 2.75) is 37.7 Å². The highest BCUT2D eigenvalue weighted by Crippen LogP contribution is 2.41. The number of hydrogen-bond donors (Lipinski definition) is 4. The molecule has 0 heterocycles. The molecule has 0 aliphatic rings. The highest BCUT2D eigenvalue weighted by molar-refractivity contribution is 7.98. The van der Waals surface area contributed by atoms with Gasteiger partial charge in [-0.05, 0) is 79.3 Å². The summed E-state index contributed by atoms with van der Waals surface area (Å²) >= 11 is 1.62. The van der Waals surface area contributed by atoms with E-state index in [1.807, 2.05) is 56.5 Å². The van der Waals surface area contributed by atoms with Gasteiger partial charge in [0, 0.05) is 16.0 Å². The van der Waals surface area contributed by atoms with Crippen molar-refractivity contribution in [2.75, 3.05) is 35.8 Å². The molecule has 0 aliphatic heterocycles. The van der Waals surface area contributed by atoms with Gasteiger partial charge in [0.1, 0.15) is 18.5 Å². The molecule has 0 spiro atoms. The Morgan fingerprint density at radius 2 is 1.73 bits per heavy atom. The topological polar surface area (TPSA) is 123 Å². The van der Waals surface area contributed by atoms with Gasteiger partial charge in [-0.2, -0.15) is 0 Å². The lowest BCUT2D eigenvalue weighted by Crippen LogP contribution is -2.29. The largest absolute Gasteiger partial charge is 0.491 e. The second-order valence-corrected chi connectivity index (χ2v) is 10.7. The summed E-state index contributed by atoms with van der Waals surface area (Å²) in [6.45, 7) is 4.15. The van der Waals surface area contributed by atoms with Gasteiger partial charge < -0.3 is 25.6 Å². The van der Waals surface area contributed by atoms with Crippen LogP contribution in [0.3, 0.4) is 0 Å². The molecule has 0 aromatic heterocycles. The van der Waals surface area contributed by atoms with Crippen LogP contribution in [0.25, 0.3) is 0 Å². The molecule has 0 saturated carbocycles. The van der Waals surface area contributed by atoms with E-state index < -0.39 is 17.6 Å². The Labute approximate surface area is 240 Å². The second-order valence-electron chi connectivity index (χ2n) is 9.79. The van der Waals surface area contributed by atoms with Crippen molar-refractivity contribution in [2.24, 2.45) is 5.41 Å². The minimum absolute atomic E-state index is 0.0805. The molecule has 3 rings (SSSR count). The molecule has 0 aliphatic carbocycles. The summed E-state index contributed by atoms with van der Waals surface area (Å²) in [6, 6.07) is 21.9. The monoisotopic (exact) mass is 563 g/mol. The lowest BCUT2D eigenvalue weighted by molar-refractivity contribution is -0.111. The van der Waals surface area contributed by atoms with E-state index in [-0.39, 0.29) is 19.1 Å². The van der Waals surface area contributed by atoms with Crippen LogP contribution in [0.4, 0.5) is 21.9 Å². The van der Waals surface area contributed by atoms with Gasteiger partial charge in [0.15, 0.2) is 0 Å². The average molecular weight is 564 g/mol. The number of nitrogen functional groups attached to an aromatic ring is 1. The number of ether oxygens (including phenoxy) is 2. The van der Waals surface area contributed by atoms with Crippen LogP contribution in [0.2, 0.25) is 0 Å². The third-order valence-corrected chi connectivity index (χ3v) is 7.00. The van der Waals surface area contributed by atoms with Gasteiger partial charge in [0.2, 0.25) is 5.91 Å². The molecule has 8 nitrogen and oxygen atoms in total. The van der Waals surface area contributed by atoms with Gasteiger partial charge in [-0.3, -0.25) is 10.1 Å². The van der Waals surface area contributed by atoms with E-state index in [2.05, 4.69) is 10.6 Å². The van der Waals surface area contributed by atoms with Gasteiger partial charge in [-0.1, -0.05) is 44.2 Å². The van der Waals surface area contributed by atoms with E-state index in [0.29, 0.717) is 35.7 Å². The van der Waals surface area contributed by atoms with E-state index in [0.717, 1.165) is 10.5 Å². The zero-order valence-corrected chi connectivity index (χ0v) is 23.9. The number of benzene rings is 3. The van der Waals surface area contributed by atoms with Gasteiger partial charge >= 0.3 is 6.09 Å². The maximum atomic E-state index is 13.0. The van der Waals surface area contributed by atoms with Crippen LogP contribution in [0.5, 0.6) is 5.75 Å². The number of nitrogens with one attached hydrogen (secondary N) is 2.